The third-order valence-electron chi connectivity index (χ3n) is 8.18. The van der Waals surface area contributed by atoms with Gasteiger partial charge in [0.1, 0.15) is 13.8 Å². The molecule has 29 heteroatoms. The molecule has 424 valence electrons. The van der Waals surface area contributed by atoms with Crippen LogP contribution in [0, 0.1) is 64.0 Å². The number of rotatable bonds is 8. The van der Waals surface area contributed by atoms with Crippen molar-refractivity contribution in [2.24, 2.45) is 5.90 Å². The number of carbonyl (C=O) groups excluding carboxylic acids is 4. The van der Waals surface area contributed by atoms with Crippen LogP contribution in [0.5, 0.6) is 0 Å². The molecule has 5 aromatic carbocycles. The number of anilines is 4. The Morgan fingerprint density at radius 1 is 0.608 bits per heavy atom. The van der Waals surface area contributed by atoms with Gasteiger partial charge in [-0.1, -0.05) is 38.9 Å². The molecule has 5 aromatic rings. The molecule has 0 fully saturated rings. The Labute approximate surface area is 503 Å². The monoisotopic (exact) mass is 1480 g/mol. The third-order valence-corrected chi connectivity index (χ3v) is 10.9. The Kier molecular flexibility index (Phi) is 42.8. The van der Waals surface area contributed by atoms with Gasteiger partial charge in [-0.15, -0.1) is 24.8 Å². The van der Waals surface area contributed by atoms with E-state index in [1.165, 1.54) is 78.0 Å². The van der Waals surface area contributed by atoms with E-state index < -0.39 is 54.7 Å². The molecule has 5 rings (SSSR count). The van der Waals surface area contributed by atoms with E-state index in [4.69, 9.17) is 65.2 Å². The Morgan fingerprint density at radius 3 is 1.27 bits per heavy atom. The summed E-state index contributed by atoms with van der Waals surface area (Å²) in [5.74, 6) is 6.21. The van der Waals surface area contributed by atoms with Crippen LogP contribution in [0.2, 0.25) is 19.6 Å². The van der Waals surface area contributed by atoms with Crippen LogP contribution in [-0.2, 0) is 23.9 Å². The van der Waals surface area contributed by atoms with E-state index in [9.17, 15) is 44.2 Å². The standard InChI is InChI=1S/C10H10N2O2.C10H9NO2.C8H6INO4.C8H8INO2.C7H6N2O4.C5H10Si.CH5NO.CH4.2ClH.Sn/c1-3-7-4-5-8(6-9(7)11)10(13)12-14-2;1-3-7-4-5-8(6-9(7)11)10(12)13-2;1-14-8(11)5-2-3-6(9)7(4-5)10(12)13;1-12-8(11)5-2-3-6(9)7(10)4-5;8-5-2-1-4(7(10)11)3-6(5)9(12)13;1-5-6(2,3)4;1-3-2;;;;/h1,4-6H,11H2,2H3,(H,12,13);1,4-6H,11H2,2H3;2-4H,1H3;2-4H,10H2,1H3;1-3H,8H2,(H,10,11);1H,2-4H3;2H2,1H3;1H4;2*1H;/q;;;;;;;;;;+2/p-2. The first-order valence-corrected chi connectivity index (χ1v) is 33.6. The van der Waals surface area contributed by atoms with E-state index in [0.717, 1.165) is 9.64 Å². The average Bonchev–Trinajstić information content (AvgIpc) is 3.40. The molecule has 0 spiro atoms. The molecule has 23 nitrogen and oxygen atoms in total. The van der Waals surface area contributed by atoms with Crippen molar-refractivity contribution in [3.63, 3.8) is 0 Å². The van der Waals surface area contributed by atoms with Crippen molar-refractivity contribution in [1.29, 1.82) is 0 Å². The minimum absolute atomic E-state index is 0. The van der Waals surface area contributed by atoms with Gasteiger partial charge in [0.25, 0.3) is 17.3 Å². The van der Waals surface area contributed by atoms with E-state index >= 15 is 0 Å². The molecule has 12 N–H and O–H groups in total. The summed E-state index contributed by atoms with van der Waals surface area (Å²) in [5, 5.41) is 29.4. The molecule has 2 radical (unpaired) electrons. The second-order valence-corrected chi connectivity index (χ2v) is 26.1. The maximum atomic E-state index is 11.3. The van der Waals surface area contributed by atoms with Crippen LogP contribution >= 0.6 is 63.0 Å². The molecule has 0 saturated heterocycles. The number of hydrogen-bond donors (Lipinski definition) is 7. The van der Waals surface area contributed by atoms with Gasteiger partial charge in [0.15, 0.2) is 0 Å². The average molecular weight is 1480 g/mol. The predicted molar refractivity (Wildman–Crippen MR) is 327 cm³/mol. The summed E-state index contributed by atoms with van der Waals surface area (Å²) in [6.07, 6.45) is 15.5. The summed E-state index contributed by atoms with van der Waals surface area (Å²) in [5.41, 5.74) is 30.3. The number of hydroxylamine groups is 1. The van der Waals surface area contributed by atoms with Crippen LogP contribution in [0.25, 0.3) is 0 Å². The number of benzene rings is 5. The zero-order valence-corrected chi connectivity index (χ0v) is 52.5. The molecule has 0 unspecified atom stereocenters. The van der Waals surface area contributed by atoms with Crippen molar-refractivity contribution in [3.8, 4) is 36.7 Å². The topological polar surface area (TPSA) is 380 Å². The zero-order chi connectivity index (χ0) is 60.9. The molecular formula is C50H58Cl2I2N8O15SiSn. The van der Waals surface area contributed by atoms with Gasteiger partial charge < -0.3 is 47.1 Å². The summed E-state index contributed by atoms with van der Waals surface area (Å²) in [6.45, 7) is 6.44. The SMILES string of the molecule is C.C#C[Si](C)(C)C.C#Cc1ccc(C(=O)NOC)cc1N.C#Cc1ccc(C(=O)OC)cc1N.COC(=O)c1ccc(I)c(N)c1.COC(=O)c1ccc(I)c([N+](=O)[O-])c1.CON.Nc1ccc(C(=O)O)cc1[N+](=O)[O-].[Cl][Sn][Cl]. The number of terminal acetylenes is 3. The number of nitro groups is 2. The number of aromatic carboxylic acids is 1. The molecule has 0 atom stereocenters. The van der Waals surface area contributed by atoms with Gasteiger partial charge in [0.2, 0.25) is 0 Å². The van der Waals surface area contributed by atoms with Gasteiger partial charge in [0.05, 0.1) is 71.2 Å². The molecular weight excluding hydrogens is 1420 g/mol. The first kappa shape index (κ1) is 78.6. The Hall–Kier alpha value is -6.93. The molecule has 0 aromatic heterocycles. The number of nitrogens with zero attached hydrogens (tertiary/aromatic N) is 2. The first-order valence-electron chi connectivity index (χ1n) is 20.7. The number of ether oxygens (including phenoxy) is 3. The van der Waals surface area contributed by atoms with Crippen LogP contribution in [0.3, 0.4) is 0 Å². The van der Waals surface area contributed by atoms with Gasteiger partial charge in [0, 0.05) is 49.5 Å². The van der Waals surface area contributed by atoms with Crippen LogP contribution in [0.4, 0.5) is 34.1 Å². The fraction of sp³-hybridized carbons (Fsp3) is 0.180. The number of nitro benzene ring substituents is 2. The number of carbonyl (C=O) groups is 5. The normalized spacial score (nSPS) is 9.04. The number of carboxylic acid groups (broad SMARTS) is 1. The molecule has 79 heavy (non-hydrogen) atoms. The fourth-order valence-corrected chi connectivity index (χ4v) is 5.31. The van der Waals surface area contributed by atoms with Crippen molar-refractivity contribution in [2.45, 2.75) is 27.1 Å². The second kappa shape index (κ2) is 43.0. The van der Waals surface area contributed by atoms with Crippen molar-refractivity contribution in [3.05, 3.63) is 157 Å². The van der Waals surface area contributed by atoms with Crippen LogP contribution in [0.15, 0.2) is 91.0 Å². The summed E-state index contributed by atoms with van der Waals surface area (Å²) in [6, 6.07) is 22.0. The van der Waals surface area contributed by atoms with Gasteiger partial charge in [-0.3, -0.25) is 29.9 Å². The molecule has 0 aliphatic heterocycles. The van der Waals surface area contributed by atoms with Crippen molar-refractivity contribution < 1.29 is 62.8 Å². The number of nitrogens with two attached hydrogens (primary N) is 5. The quantitative estimate of drug-likeness (QED) is 0.0111. The summed E-state index contributed by atoms with van der Waals surface area (Å²) in [7, 11) is 15.4. The van der Waals surface area contributed by atoms with Gasteiger partial charge in [-0.25, -0.2) is 30.6 Å². The zero-order valence-electron chi connectivity index (χ0n) is 42.8. The summed E-state index contributed by atoms with van der Waals surface area (Å²) in [4.78, 5) is 82.6. The second-order valence-electron chi connectivity index (χ2n) is 14.7. The number of nitrogen functional groups attached to an aromatic ring is 4. The molecule has 0 saturated carbocycles. The predicted octanol–water partition coefficient (Wildman–Crippen LogP) is 8.74. The van der Waals surface area contributed by atoms with Crippen molar-refractivity contribution >= 4 is 154 Å². The molecule has 1 amide bonds. The Morgan fingerprint density at radius 2 is 0.937 bits per heavy atom. The summed E-state index contributed by atoms with van der Waals surface area (Å²) >= 11 is 3.11. The van der Waals surface area contributed by atoms with E-state index in [1.54, 1.807) is 42.5 Å². The fourth-order valence-electron chi connectivity index (χ4n) is 4.45. The maximum absolute atomic E-state index is 11.3. The van der Waals surface area contributed by atoms with E-state index in [2.05, 4.69) is 94.9 Å². The van der Waals surface area contributed by atoms with E-state index in [-0.39, 0.29) is 47.5 Å². The van der Waals surface area contributed by atoms with E-state index in [0.29, 0.717) is 48.4 Å². The van der Waals surface area contributed by atoms with Gasteiger partial charge in [-0.05, 0) is 124 Å². The molecule has 0 aliphatic carbocycles. The van der Waals surface area contributed by atoms with E-state index in [1.807, 2.05) is 22.6 Å². The summed E-state index contributed by atoms with van der Waals surface area (Å²) < 4.78 is 14.9. The molecule has 0 heterocycles. The van der Waals surface area contributed by atoms with Crippen LogP contribution in [0.1, 0.15) is 70.3 Å². The number of methoxy groups -OCH3 is 3. The van der Waals surface area contributed by atoms with Crippen LogP contribution < -0.4 is 34.3 Å². The first-order chi connectivity index (χ1) is 36.5. The number of nitrogens with one attached hydrogen (secondary N) is 1. The number of carboxylic acids is 1. The van der Waals surface area contributed by atoms with Crippen molar-refractivity contribution in [2.75, 3.05) is 58.5 Å². The number of hydrogen-bond acceptors (Lipinski definition) is 19. The number of esters is 3. The Balaban J connectivity index is -0.000000422. The third kappa shape index (κ3) is 32.5. The van der Waals surface area contributed by atoms with Gasteiger partial charge in [-0.2, -0.15) is 0 Å². The number of halogens is 4. The molecule has 0 bridgehead atoms. The molecule has 0 aliphatic rings. The van der Waals surface area contributed by atoms with Gasteiger partial charge >= 0.3 is 60.6 Å². The van der Waals surface area contributed by atoms with Crippen molar-refractivity contribution in [1.82, 2.24) is 5.48 Å². The Bertz CT molecular complexity index is 2970. The van der Waals surface area contributed by atoms with Crippen LogP contribution in [-0.4, -0.2) is 107 Å². The minimum atomic E-state index is -1.22. The number of amides is 1.